The van der Waals surface area contributed by atoms with E-state index in [1.54, 1.807) is 6.20 Å². The lowest BCUT2D eigenvalue weighted by Gasteiger charge is -2.29. The molecule has 1 saturated heterocycles. The second kappa shape index (κ2) is 10.5. The molecule has 1 amide bonds. The second-order valence-corrected chi connectivity index (χ2v) is 9.95. The van der Waals surface area contributed by atoms with E-state index in [1.807, 2.05) is 69.6 Å². The van der Waals surface area contributed by atoms with E-state index in [0.29, 0.717) is 11.7 Å². The zero-order chi connectivity index (χ0) is 25.9. The average Bonchev–Trinajstić information content (AvgIpc) is 3.49. The summed E-state index contributed by atoms with van der Waals surface area (Å²) in [5.74, 6) is -0.0962. The summed E-state index contributed by atoms with van der Waals surface area (Å²) in [6.07, 6.45) is 7.58. The summed E-state index contributed by atoms with van der Waals surface area (Å²) in [4.78, 5) is 23.4. The van der Waals surface area contributed by atoms with Gasteiger partial charge in [0, 0.05) is 54.3 Å². The summed E-state index contributed by atoms with van der Waals surface area (Å²) >= 11 is 5.90. The van der Waals surface area contributed by atoms with Crippen LogP contribution in [0.15, 0.2) is 85.5 Å². The van der Waals surface area contributed by atoms with Gasteiger partial charge in [0.15, 0.2) is 5.11 Å². The minimum atomic E-state index is -0.142. The number of carbonyl (C=O) groups is 1. The number of pyridine rings is 2. The van der Waals surface area contributed by atoms with Gasteiger partial charge in [0.05, 0.1) is 11.7 Å². The highest BCUT2D eigenvalue weighted by atomic mass is 32.1. The first kappa shape index (κ1) is 24.6. The maximum absolute atomic E-state index is 12.3. The van der Waals surface area contributed by atoms with Crippen molar-refractivity contribution in [2.75, 3.05) is 10.2 Å². The monoisotopic (exact) mass is 510 g/mol. The number of hydrogen-bond acceptors (Lipinski definition) is 4. The molecule has 0 saturated carbocycles. The van der Waals surface area contributed by atoms with Gasteiger partial charge in [-0.15, -0.1) is 0 Å². The molecule has 5 rings (SSSR count). The third kappa shape index (κ3) is 5.11. The molecule has 7 nitrogen and oxygen atoms in total. The molecule has 0 unspecified atom stereocenters. The number of hydrogen-bond donors (Lipinski definition) is 2. The standard InChI is InChI=1S/C29H30N6OS/c1-19(2)28(36)32-23-12-11-22(16-20(23)3)35-27(26(33-29(35)37)24-9-4-5-14-31-24)25-10-7-15-34(25)18-21-8-6-13-30-17-21/h4-17,19,26-27H,18H2,1-3H3,(H,32,36)(H,33,37)/t26-,27-/m0/s1. The first-order valence-corrected chi connectivity index (χ1v) is 12.8. The fourth-order valence-corrected chi connectivity index (χ4v) is 5.02. The van der Waals surface area contributed by atoms with Crippen LogP contribution in [0, 0.1) is 12.8 Å². The third-order valence-electron chi connectivity index (χ3n) is 6.61. The molecule has 1 fully saturated rings. The third-order valence-corrected chi connectivity index (χ3v) is 6.93. The lowest BCUT2D eigenvalue weighted by molar-refractivity contribution is -0.118. The Hall–Kier alpha value is -4.04. The van der Waals surface area contributed by atoms with Crippen molar-refractivity contribution in [2.45, 2.75) is 39.4 Å². The maximum Gasteiger partial charge on any atom is 0.226 e. The van der Waals surface area contributed by atoms with Gasteiger partial charge in [-0.1, -0.05) is 26.0 Å². The Kier molecular flexibility index (Phi) is 7.01. The second-order valence-electron chi connectivity index (χ2n) is 9.56. The topological polar surface area (TPSA) is 75.1 Å². The van der Waals surface area contributed by atoms with Gasteiger partial charge < -0.3 is 20.1 Å². The predicted molar refractivity (Wildman–Crippen MR) is 150 cm³/mol. The first-order chi connectivity index (χ1) is 17.9. The molecule has 188 valence electrons. The van der Waals surface area contributed by atoms with Crippen molar-refractivity contribution in [2.24, 2.45) is 5.92 Å². The lowest BCUT2D eigenvalue weighted by Crippen LogP contribution is -2.30. The van der Waals surface area contributed by atoms with Crippen molar-refractivity contribution in [3.05, 3.63) is 108 Å². The number of anilines is 2. The summed E-state index contributed by atoms with van der Waals surface area (Å²) in [6.45, 7) is 6.47. The van der Waals surface area contributed by atoms with Crippen LogP contribution in [0.3, 0.4) is 0 Å². The normalized spacial score (nSPS) is 17.2. The molecule has 4 aromatic rings. The SMILES string of the molecule is Cc1cc(N2C(=S)N[C@@H](c3ccccn3)[C@@H]2c2cccn2Cc2cccnc2)ccc1NC(=O)C(C)C. The van der Waals surface area contributed by atoms with Crippen LogP contribution in [0.5, 0.6) is 0 Å². The molecular formula is C29H30N6OS. The van der Waals surface area contributed by atoms with E-state index in [2.05, 4.69) is 60.5 Å². The van der Waals surface area contributed by atoms with E-state index in [4.69, 9.17) is 12.2 Å². The summed E-state index contributed by atoms with van der Waals surface area (Å²) in [6, 6.07) is 20.0. The first-order valence-electron chi connectivity index (χ1n) is 12.4. The minimum absolute atomic E-state index is 0.00414. The highest BCUT2D eigenvalue weighted by molar-refractivity contribution is 7.80. The number of benzene rings is 1. The minimum Gasteiger partial charge on any atom is -0.351 e. The lowest BCUT2D eigenvalue weighted by atomic mass is 10.00. The Labute approximate surface area is 222 Å². The highest BCUT2D eigenvalue weighted by Gasteiger charge is 2.42. The van der Waals surface area contributed by atoms with Gasteiger partial charge in [0.2, 0.25) is 5.91 Å². The van der Waals surface area contributed by atoms with Crippen molar-refractivity contribution < 1.29 is 4.79 Å². The largest absolute Gasteiger partial charge is 0.351 e. The molecule has 0 spiro atoms. The van der Waals surface area contributed by atoms with E-state index in [1.165, 1.54) is 0 Å². The van der Waals surface area contributed by atoms with Crippen LogP contribution in [0.25, 0.3) is 0 Å². The van der Waals surface area contributed by atoms with Crippen LogP contribution in [0.1, 0.15) is 48.4 Å². The van der Waals surface area contributed by atoms with Crippen LogP contribution < -0.4 is 15.5 Å². The molecule has 37 heavy (non-hydrogen) atoms. The van der Waals surface area contributed by atoms with Gasteiger partial charge in [-0.3, -0.25) is 14.8 Å². The zero-order valence-corrected chi connectivity index (χ0v) is 21.9. The van der Waals surface area contributed by atoms with E-state index >= 15 is 0 Å². The van der Waals surface area contributed by atoms with Gasteiger partial charge in [0.1, 0.15) is 6.04 Å². The molecule has 0 bridgehead atoms. The van der Waals surface area contributed by atoms with E-state index in [-0.39, 0.29) is 23.9 Å². The summed E-state index contributed by atoms with van der Waals surface area (Å²) in [5, 5.41) is 7.18. The number of aryl methyl sites for hydroxylation is 1. The number of thiocarbonyl (C=S) groups is 1. The molecule has 0 aliphatic carbocycles. The van der Waals surface area contributed by atoms with Crippen molar-refractivity contribution in [3.63, 3.8) is 0 Å². The number of amides is 1. The van der Waals surface area contributed by atoms with Crippen LogP contribution in [-0.4, -0.2) is 25.6 Å². The van der Waals surface area contributed by atoms with Gasteiger partial charge in [0.25, 0.3) is 0 Å². The molecule has 2 N–H and O–H groups in total. The summed E-state index contributed by atoms with van der Waals surface area (Å²) < 4.78 is 2.24. The smallest absolute Gasteiger partial charge is 0.226 e. The van der Waals surface area contributed by atoms with Crippen molar-refractivity contribution >= 4 is 34.6 Å². The molecule has 3 aromatic heterocycles. The van der Waals surface area contributed by atoms with Gasteiger partial charge >= 0.3 is 0 Å². The quantitative estimate of drug-likeness (QED) is 0.324. The van der Waals surface area contributed by atoms with E-state index in [0.717, 1.165) is 33.9 Å². The van der Waals surface area contributed by atoms with E-state index < -0.39 is 0 Å². The molecule has 1 aliphatic heterocycles. The average molecular weight is 511 g/mol. The van der Waals surface area contributed by atoms with Crippen LogP contribution in [-0.2, 0) is 11.3 Å². The van der Waals surface area contributed by atoms with Crippen LogP contribution >= 0.6 is 12.2 Å². The Morgan fingerprint density at radius 1 is 1.11 bits per heavy atom. The Morgan fingerprint density at radius 3 is 2.68 bits per heavy atom. The molecular weight excluding hydrogens is 480 g/mol. The van der Waals surface area contributed by atoms with Crippen molar-refractivity contribution in [1.82, 2.24) is 19.9 Å². The Bertz CT molecular complexity index is 1400. The molecule has 2 atom stereocenters. The summed E-state index contributed by atoms with van der Waals surface area (Å²) in [7, 11) is 0. The number of carbonyl (C=O) groups excluding carboxylic acids is 1. The molecule has 8 heteroatoms. The van der Waals surface area contributed by atoms with Gasteiger partial charge in [-0.2, -0.15) is 0 Å². The van der Waals surface area contributed by atoms with Crippen LogP contribution in [0.2, 0.25) is 0 Å². The highest BCUT2D eigenvalue weighted by Crippen LogP contribution is 2.42. The number of rotatable bonds is 7. The van der Waals surface area contributed by atoms with Crippen molar-refractivity contribution in [1.29, 1.82) is 0 Å². The zero-order valence-electron chi connectivity index (χ0n) is 21.1. The Balaban J connectivity index is 1.55. The summed E-state index contributed by atoms with van der Waals surface area (Å²) in [5.41, 5.74) is 5.88. The molecule has 4 heterocycles. The maximum atomic E-state index is 12.3. The number of nitrogens with zero attached hydrogens (tertiary/aromatic N) is 4. The predicted octanol–water partition coefficient (Wildman–Crippen LogP) is 5.41. The number of nitrogens with one attached hydrogen (secondary N) is 2. The van der Waals surface area contributed by atoms with E-state index in [9.17, 15) is 4.79 Å². The van der Waals surface area contributed by atoms with Crippen molar-refractivity contribution in [3.8, 4) is 0 Å². The number of aromatic nitrogens is 3. The van der Waals surface area contributed by atoms with Gasteiger partial charge in [-0.25, -0.2) is 0 Å². The van der Waals surface area contributed by atoms with Gasteiger partial charge in [-0.05, 0) is 78.8 Å². The molecule has 0 radical (unpaired) electrons. The fraction of sp³-hybridized carbons (Fsp3) is 0.241. The Morgan fingerprint density at radius 2 is 1.97 bits per heavy atom. The van der Waals surface area contributed by atoms with Crippen LogP contribution in [0.4, 0.5) is 11.4 Å². The fourth-order valence-electron chi connectivity index (χ4n) is 4.68. The molecule has 1 aliphatic rings. The molecule has 1 aromatic carbocycles.